The largest absolute Gasteiger partial charge is 0.504 e. The number of carbonyl (C=O) groups is 4. The lowest BCUT2D eigenvalue weighted by atomic mass is 9.83. The molecule has 0 fully saturated rings. The van der Waals surface area contributed by atoms with Crippen LogP contribution >= 0.6 is 0 Å². The number of amides is 1. The number of aromatic hydroxyl groups is 1. The number of benzene rings is 3. The molecule has 0 heterocycles. The van der Waals surface area contributed by atoms with E-state index < -0.39 is 18.5 Å². The van der Waals surface area contributed by atoms with Gasteiger partial charge >= 0.3 is 5.97 Å². The maximum atomic E-state index is 13.0. The quantitative estimate of drug-likeness (QED) is 0.407. The molecule has 0 atom stereocenters. The Hall–Kier alpha value is -4.46. The summed E-state index contributed by atoms with van der Waals surface area (Å²) in [6.07, 6.45) is 0.309. The van der Waals surface area contributed by atoms with Gasteiger partial charge in [-0.25, -0.2) is 0 Å². The van der Waals surface area contributed by atoms with Gasteiger partial charge in [0.25, 0.3) is 5.91 Å². The molecule has 0 saturated heterocycles. The van der Waals surface area contributed by atoms with E-state index in [0.717, 1.165) is 0 Å². The molecule has 8 heteroatoms. The van der Waals surface area contributed by atoms with E-state index in [9.17, 15) is 24.3 Å². The third-order valence-corrected chi connectivity index (χ3v) is 5.45. The van der Waals surface area contributed by atoms with Gasteiger partial charge in [0.15, 0.2) is 29.7 Å². The molecular formula is C26H21NO7. The second kappa shape index (κ2) is 9.58. The predicted octanol–water partition coefficient (Wildman–Crippen LogP) is 3.29. The highest BCUT2D eigenvalue weighted by atomic mass is 16.5. The van der Waals surface area contributed by atoms with Crippen molar-refractivity contribution in [2.24, 2.45) is 0 Å². The number of methoxy groups -OCH3 is 1. The standard InChI is InChI=1S/C26H21NO7/c1-33-21-11-9-15(13-20(21)28)10-12-23(30)34-14-22(29)27-19-8-4-7-18-24(19)26(32)17-6-3-2-5-16(17)25(18)31/h2-9,11,13,28H,10,12,14H2,1H3,(H,27,29). The Labute approximate surface area is 195 Å². The number of carbonyl (C=O) groups excluding carboxylic acids is 4. The van der Waals surface area contributed by atoms with E-state index in [1.807, 2.05) is 0 Å². The molecular weight excluding hydrogens is 438 g/mol. The van der Waals surface area contributed by atoms with Crippen LogP contribution in [0.2, 0.25) is 0 Å². The smallest absolute Gasteiger partial charge is 0.306 e. The average Bonchev–Trinajstić information content (AvgIpc) is 2.84. The van der Waals surface area contributed by atoms with E-state index in [4.69, 9.17) is 9.47 Å². The number of hydrogen-bond acceptors (Lipinski definition) is 7. The van der Waals surface area contributed by atoms with Crippen molar-refractivity contribution in [3.05, 3.63) is 88.5 Å². The number of esters is 1. The van der Waals surface area contributed by atoms with Crippen LogP contribution in [0.3, 0.4) is 0 Å². The molecule has 1 aliphatic rings. The first-order valence-electron chi connectivity index (χ1n) is 10.5. The Balaban J connectivity index is 1.37. The zero-order chi connectivity index (χ0) is 24.2. The van der Waals surface area contributed by atoms with Crippen molar-refractivity contribution in [1.29, 1.82) is 0 Å². The molecule has 3 aromatic rings. The molecule has 172 valence electrons. The number of rotatable bonds is 7. The maximum absolute atomic E-state index is 13.0. The SMILES string of the molecule is COc1ccc(CCC(=O)OCC(=O)Nc2cccc3c2C(=O)c2ccccc2C3=O)cc1O. The van der Waals surface area contributed by atoms with Crippen LogP contribution in [0.1, 0.15) is 43.8 Å². The van der Waals surface area contributed by atoms with Crippen LogP contribution in [0.15, 0.2) is 60.7 Å². The third kappa shape index (κ3) is 4.52. The topological polar surface area (TPSA) is 119 Å². The minimum Gasteiger partial charge on any atom is -0.504 e. The number of aryl methyl sites for hydroxylation is 1. The molecule has 0 aromatic heterocycles. The fourth-order valence-electron chi connectivity index (χ4n) is 3.79. The monoisotopic (exact) mass is 459 g/mol. The molecule has 2 N–H and O–H groups in total. The lowest BCUT2D eigenvalue weighted by Crippen LogP contribution is -2.26. The van der Waals surface area contributed by atoms with Crippen molar-refractivity contribution in [3.63, 3.8) is 0 Å². The number of ether oxygens (including phenoxy) is 2. The molecule has 0 radical (unpaired) electrons. The number of nitrogens with one attached hydrogen (secondary N) is 1. The van der Waals surface area contributed by atoms with E-state index in [1.165, 1.54) is 25.3 Å². The Kier molecular flexibility index (Phi) is 6.40. The van der Waals surface area contributed by atoms with Gasteiger partial charge in [-0.3, -0.25) is 19.2 Å². The number of hydrogen-bond donors (Lipinski definition) is 2. The molecule has 34 heavy (non-hydrogen) atoms. The van der Waals surface area contributed by atoms with Crippen LogP contribution in [0.4, 0.5) is 5.69 Å². The van der Waals surface area contributed by atoms with Crippen molar-refractivity contribution >= 4 is 29.1 Å². The summed E-state index contributed by atoms with van der Waals surface area (Å²) in [6, 6.07) is 16.0. The Morgan fingerprint density at radius 2 is 1.62 bits per heavy atom. The molecule has 8 nitrogen and oxygen atoms in total. The summed E-state index contributed by atoms with van der Waals surface area (Å²) in [5, 5.41) is 12.4. The van der Waals surface area contributed by atoms with Crippen molar-refractivity contribution in [3.8, 4) is 11.5 Å². The summed E-state index contributed by atoms with van der Waals surface area (Å²) in [6.45, 7) is -0.547. The number of anilines is 1. The lowest BCUT2D eigenvalue weighted by Gasteiger charge is -2.20. The summed E-state index contributed by atoms with van der Waals surface area (Å²) >= 11 is 0. The highest BCUT2D eigenvalue weighted by Crippen LogP contribution is 2.32. The summed E-state index contributed by atoms with van der Waals surface area (Å²) in [4.78, 5) is 50.2. The number of phenols is 1. The normalized spacial score (nSPS) is 11.9. The van der Waals surface area contributed by atoms with Gasteiger partial charge in [0.05, 0.1) is 18.4 Å². The Morgan fingerprint density at radius 1 is 0.912 bits per heavy atom. The molecule has 0 bridgehead atoms. The molecule has 3 aromatic carbocycles. The van der Waals surface area contributed by atoms with E-state index in [0.29, 0.717) is 23.3 Å². The van der Waals surface area contributed by atoms with E-state index >= 15 is 0 Å². The summed E-state index contributed by atoms with van der Waals surface area (Å²) in [5.41, 5.74) is 1.81. The molecule has 0 unspecified atom stereocenters. The van der Waals surface area contributed by atoms with Crippen molar-refractivity contribution in [1.82, 2.24) is 0 Å². The first-order chi connectivity index (χ1) is 16.4. The average molecular weight is 459 g/mol. The molecule has 0 saturated carbocycles. The Morgan fingerprint density at radius 3 is 2.32 bits per heavy atom. The molecule has 0 aliphatic heterocycles. The van der Waals surface area contributed by atoms with Gasteiger partial charge in [-0.1, -0.05) is 42.5 Å². The van der Waals surface area contributed by atoms with Crippen LogP contribution in [0, 0.1) is 0 Å². The van der Waals surface area contributed by atoms with Gasteiger partial charge in [0.2, 0.25) is 0 Å². The number of fused-ring (bicyclic) bond motifs is 2. The fraction of sp³-hybridized carbons (Fsp3) is 0.154. The van der Waals surface area contributed by atoms with Crippen LogP contribution in [0.5, 0.6) is 11.5 Å². The van der Waals surface area contributed by atoms with Gasteiger partial charge in [-0.05, 0) is 30.2 Å². The first kappa shape index (κ1) is 22.7. The first-order valence-corrected chi connectivity index (χ1v) is 10.5. The van der Waals surface area contributed by atoms with Gasteiger partial charge in [0.1, 0.15) is 0 Å². The maximum Gasteiger partial charge on any atom is 0.306 e. The number of ketones is 2. The van der Waals surface area contributed by atoms with Crippen LogP contribution < -0.4 is 10.1 Å². The number of phenolic OH excluding ortho intramolecular Hbond substituents is 1. The molecule has 0 spiro atoms. The zero-order valence-electron chi connectivity index (χ0n) is 18.3. The minimum absolute atomic E-state index is 0.00353. The molecule has 4 rings (SSSR count). The van der Waals surface area contributed by atoms with E-state index in [2.05, 4.69) is 5.32 Å². The summed E-state index contributed by atoms with van der Waals surface area (Å²) < 4.78 is 10.0. The second-order valence-corrected chi connectivity index (χ2v) is 7.65. The van der Waals surface area contributed by atoms with Gasteiger partial charge in [-0.15, -0.1) is 0 Å². The van der Waals surface area contributed by atoms with E-state index in [1.54, 1.807) is 42.5 Å². The van der Waals surface area contributed by atoms with Crippen LogP contribution in [0.25, 0.3) is 0 Å². The Bertz CT molecular complexity index is 1310. The van der Waals surface area contributed by atoms with Crippen molar-refractivity contribution in [2.45, 2.75) is 12.8 Å². The fourth-order valence-corrected chi connectivity index (χ4v) is 3.79. The highest BCUT2D eigenvalue weighted by molar-refractivity contribution is 6.30. The lowest BCUT2D eigenvalue weighted by molar-refractivity contribution is -0.147. The third-order valence-electron chi connectivity index (χ3n) is 5.45. The second-order valence-electron chi connectivity index (χ2n) is 7.65. The van der Waals surface area contributed by atoms with Gasteiger partial charge in [-0.2, -0.15) is 0 Å². The summed E-state index contributed by atoms with van der Waals surface area (Å²) in [7, 11) is 1.44. The van der Waals surface area contributed by atoms with Gasteiger partial charge in [0, 0.05) is 23.1 Å². The minimum atomic E-state index is -0.636. The van der Waals surface area contributed by atoms with Gasteiger partial charge < -0.3 is 19.9 Å². The summed E-state index contributed by atoms with van der Waals surface area (Å²) in [5.74, 6) is -1.59. The molecule has 1 aliphatic carbocycles. The van der Waals surface area contributed by atoms with Crippen molar-refractivity contribution in [2.75, 3.05) is 19.0 Å². The predicted molar refractivity (Wildman–Crippen MR) is 122 cm³/mol. The van der Waals surface area contributed by atoms with Crippen LogP contribution in [-0.2, 0) is 20.7 Å². The highest BCUT2D eigenvalue weighted by Gasteiger charge is 2.31. The van der Waals surface area contributed by atoms with E-state index in [-0.39, 0.29) is 46.1 Å². The zero-order valence-corrected chi connectivity index (χ0v) is 18.3. The van der Waals surface area contributed by atoms with Crippen LogP contribution in [-0.4, -0.2) is 42.3 Å². The van der Waals surface area contributed by atoms with Crippen molar-refractivity contribution < 1.29 is 33.8 Å². The molecule has 1 amide bonds.